The summed E-state index contributed by atoms with van der Waals surface area (Å²) in [5.74, 6) is 0. The van der Waals surface area contributed by atoms with E-state index in [0.29, 0.717) is 0 Å². The lowest BCUT2D eigenvalue weighted by atomic mass is 9.95. The van der Waals surface area contributed by atoms with Crippen LogP contribution in [0.5, 0.6) is 0 Å². The zero-order valence-electron chi connectivity index (χ0n) is 15.3. The summed E-state index contributed by atoms with van der Waals surface area (Å²) in [7, 11) is 0. The van der Waals surface area contributed by atoms with Crippen LogP contribution in [0.2, 0.25) is 0 Å². The number of ether oxygens (including phenoxy) is 3. The highest BCUT2D eigenvalue weighted by molar-refractivity contribution is 7.99. The number of fused-ring (bicyclic) bond motifs is 1. The number of hydrogen-bond acceptors (Lipinski definition) is 6. The molecule has 2 saturated heterocycles. The fourth-order valence-electron chi connectivity index (χ4n) is 3.46. The van der Waals surface area contributed by atoms with Crippen LogP contribution in [0.4, 0.5) is 0 Å². The highest BCUT2D eigenvalue weighted by Crippen LogP contribution is 2.41. The molecule has 9 nitrogen and oxygen atoms in total. The first kappa shape index (κ1) is 19.6. The summed E-state index contributed by atoms with van der Waals surface area (Å²) in [5, 5.41) is 7.83. The molecule has 0 N–H and O–H groups in total. The predicted molar refractivity (Wildman–Crippen MR) is 107 cm³/mol. The molecule has 2 aromatic carbocycles. The molecule has 2 fully saturated rings. The standard InChI is InChI=1S/C19H18N6O3S/c20-24-22-15-16(23-25-21)19(29-13-9-5-2-6-10-13)27-14-11-26-18(28-17(14)15)12-7-3-1-4-8-12/h1-10,14-19H,11H2/t14-,15-,16-,17-,18?,19-/m1/s1. The van der Waals surface area contributed by atoms with Crippen molar-refractivity contribution in [3.05, 3.63) is 87.1 Å². The van der Waals surface area contributed by atoms with Gasteiger partial charge in [-0.15, -0.1) is 0 Å². The first-order valence-corrected chi connectivity index (χ1v) is 9.95. The minimum atomic E-state index is -0.725. The molecule has 0 spiro atoms. The van der Waals surface area contributed by atoms with Gasteiger partial charge >= 0.3 is 0 Å². The molecular weight excluding hydrogens is 392 g/mol. The number of nitrogens with zero attached hydrogens (tertiary/aromatic N) is 6. The van der Waals surface area contributed by atoms with E-state index in [1.807, 2.05) is 60.7 Å². The topological polar surface area (TPSA) is 125 Å². The summed E-state index contributed by atoms with van der Waals surface area (Å²) >= 11 is 1.41. The van der Waals surface area contributed by atoms with Crippen LogP contribution in [0.1, 0.15) is 11.9 Å². The lowest BCUT2D eigenvalue weighted by Crippen LogP contribution is -2.59. The minimum absolute atomic E-state index is 0.274. The van der Waals surface area contributed by atoms with Crippen LogP contribution in [0.25, 0.3) is 20.9 Å². The molecule has 2 aromatic rings. The Morgan fingerprint density at radius 1 is 0.862 bits per heavy atom. The zero-order chi connectivity index (χ0) is 20.1. The average Bonchev–Trinajstić information content (AvgIpc) is 2.77. The highest BCUT2D eigenvalue weighted by atomic mass is 32.2. The quantitative estimate of drug-likeness (QED) is 0.391. The predicted octanol–water partition coefficient (Wildman–Crippen LogP) is 4.98. The molecule has 0 amide bonds. The maximum absolute atomic E-state index is 9.14. The Hall–Kier alpha value is -2.71. The Labute approximate surface area is 171 Å². The van der Waals surface area contributed by atoms with Crippen LogP contribution in [0.3, 0.4) is 0 Å². The zero-order valence-corrected chi connectivity index (χ0v) is 16.1. The van der Waals surface area contributed by atoms with Crippen molar-refractivity contribution >= 4 is 11.8 Å². The molecule has 2 aliphatic heterocycles. The third-order valence-corrected chi connectivity index (χ3v) is 5.94. The molecule has 29 heavy (non-hydrogen) atoms. The normalized spacial score (nSPS) is 31.0. The molecule has 0 aliphatic carbocycles. The molecule has 2 aliphatic rings. The number of hydrogen-bond donors (Lipinski definition) is 0. The van der Waals surface area contributed by atoms with Gasteiger partial charge in [-0.3, -0.25) is 0 Å². The van der Waals surface area contributed by atoms with E-state index < -0.39 is 36.0 Å². The Kier molecular flexibility index (Phi) is 6.21. The maximum atomic E-state index is 9.14. The van der Waals surface area contributed by atoms with E-state index in [-0.39, 0.29) is 6.61 Å². The average molecular weight is 410 g/mol. The van der Waals surface area contributed by atoms with Crippen LogP contribution in [0.15, 0.2) is 75.8 Å². The SMILES string of the molecule is [N-]=[N+]=N[C@@H]1[C@@H](N=[N+]=[N-])[C@@H](Sc2ccccc2)O[C@@H]2COC(c3ccccc3)O[C@@H]12. The molecule has 4 rings (SSSR count). The van der Waals surface area contributed by atoms with E-state index >= 15 is 0 Å². The minimum Gasteiger partial charge on any atom is -0.358 e. The molecule has 6 atom stereocenters. The lowest BCUT2D eigenvalue weighted by molar-refractivity contribution is -0.286. The number of thioether (sulfide) groups is 1. The third kappa shape index (κ3) is 4.33. The molecular formula is C19H18N6O3S. The van der Waals surface area contributed by atoms with Gasteiger partial charge < -0.3 is 14.2 Å². The van der Waals surface area contributed by atoms with E-state index in [1.54, 1.807) is 0 Å². The van der Waals surface area contributed by atoms with E-state index in [9.17, 15) is 0 Å². The van der Waals surface area contributed by atoms with Crippen molar-refractivity contribution in [3.8, 4) is 0 Å². The summed E-state index contributed by atoms with van der Waals surface area (Å²) in [5.41, 5.74) is 18.6. The fourth-order valence-corrected chi connectivity index (χ4v) is 4.60. The van der Waals surface area contributed by atoms with Crippen LogP contribution >= 0.6 is 11.8 Å². The fraction of sp³-hybridized carbons (Fsp3) is 0.368. The van der Waals surface area contributed by atoms with Gasteiger partial charge in [0, 0.05) is 20.3 Å². The second-order valence-corrected chi connectivity index (χ2v) is 7.71. The van der Waals surface area contributed by atoms with Gasteiger partial charge in [-0.2, -0.15) is 0 Å². The highest BCUT2D eigenvalue weighted by Gasteiger charge is 2.49. The van der Waals surface area contributed by atoms with Gasteiger partial charge in [0.1, 0.15) is 11.5 Å². The lowest BCUT2D eigenvalue weighted by Gasteiger charge is -2.47. The van der Waals surface area contributed by atoms with Crippen molar-refractivity contribution in [1.82, 2.24) is 0 Å². The first-order chi connectivity index (χ1) is 14.3. The van der Waals surface area contributed by atoms with Crippen molar-refractivity contribution in [3.63, 3.8) is 0 Å². The Balaban J connectivity index is 1.61. The monoisotopic (exact) mass is 410 g/mol. The molecule has 0 aromatic heterocycles. The summed E-state index contributed by atoms with van der Waals surface area (Å²) in [6, 6.07) is 17.7. The van der Waals surface area contributed by atoms with Crippen LogP contribution in [0, 0.1) is 0 Å². The molecule has 10 heteroatoms. The van der Waals surface area contributed by atoms with Crippen molar-refractivity contribution in [2.24, 2.45) is 10.2 Å². The van der Waals surface area contributed by atoms with Crippen LogP contribution < -0.4 is 0 Å². The van der Waals surface area contributed by atoms with Crippen molar-refractivity contribution in [2.75, 3.05) is 6.61 Å². The van der Waals surface area contributed by atoms with E-state index in [4.69, 9.17) is 25.3 Å². The molecule has 0 saturated carbocycles. The first-order valence-electron chi connectivity index (χ1n) is 9.08. The van der Waals surface area contributed by atoms with E-state index in [1.165, 1.54) is 11.8 Å². The van der Waals surface area contributed by atoms with E-state index in [2.05, 4.69) is 20.1 Å². The summed E-state index contributed by atoms with van der Waals surface area (Å²) in [6.07, 6.45) is -1.65. The number of azide groups is 2. The Morgan fingerprint density at radius 2 is 1.52 bits per heavy atom. The maximum Gasteiger partial charge on any atom is 0.184 e. The molecule has 1 unspecified atom stereocenters. The van der Waals surface area contributed by atoms with Gasteiger partial charge in [-0.1, -0.05) is 70.5 Å². The van der Waals surface area contributed by atoms with Gasteiger partial charge in [0.2, 0.25) is 0 Å². The van der Waals surface area contributed by atoms with Gasteiger partial charge in [0.05, 0.1) is 24.8 Å². The second-order valence-electron chi connectivity index (χ2n) is 6.54. The molecule has 0 radical (unpaired) electrons. The van der Waals surface area contributed by atoms with Crippen LogP contribution in [-0.2, 0) is 14.2 Å². The Morgan fingerprint density at radius 3 is 2.21 bits per heavy atom. The molecule has 0 bridgehead atoms. The number of benzene rings is 2. The van der Waals surface area contributed by atoms with Crippen molar-refractivity contribution in [1.29, 1.82) is 0 Å². The van der Waals surface area contributed by atoms with E-state index in [0.717, 1.165) is 10.5 Å². The molecule has 148 valence electrons. The van der Waals surface area contributed by atoms with Crippen molar-refractivity contribution in [2.45, 2.75) is 40.9 Å². The largest absolute Gasteiger partial charge is 0.358 e. The van der Waals surface area contributed by atoms with Crippen LogP contribution in [-0.4, -0.2) is 36.3 Å². The summed E-state index contributed by atoms with van der Waals surface area (Å²) in [4.78, 5) is 6.89. The number of rotatable bonds is 5. The Bertz CT molecular complexity index is 920. The van der Waals surface area contributed by atoms with Gasteiger partial charge in [0.25, 0.3) is 0 Å². The summed E-state index contributed by atoms with van der Waals surface area (Å²) in [6.45, 7) is 0.274. The molecule has 2 heterocycles. The second kappa shape index (κ2) is 9.19. The summed E-state index contributed by atoms with van der Waals surface area (Å²) < 4.78 is 18.2. The smallest absolute Gasteiger partial charge is 0.184 e. The third-order valence-electron chi connectivity index (χ3n) is 4.77. The van der Waals surface area contributed by atoms with Gasteiger partial charge in [-0.05, 0) is 23.2 Å². The van der Waals surface area contributed by atoms with Gasteiger partial charge in [0.15, 0.2) is 6.29 Å². The van der Waals surface area contributed by atoms with Crippen molar-refractivity contribution < 1.29 is 14.2 Å². The van der Waals surface area contributed by atoms with Gasteiger partial charge in [-0.25, -0.2) is 0 Å².